The Kier molecular flexibility index (Phi) is 9.63. The van der Waals surface area contributed by atoms with Crippen molar-refractivity contribution in [3.63, 3.8) is 0 Å². The van der Waals surface area contributed by atoms with E-state index < -0.39 is 24.6 Å². The molecule has 0 atom stereocenters. The Balaban J connectivity index is 0.00000364. The number of thioether (sulfide) groups is 1. The van der Waals surface area contributed by atoms with E-state index in [1.807, 2.05) is 11.8 Å². The van der Waals surface area contributed by atoms with Gasteiger partial charge in [0, 0.05) is 44.2 Å². The van der Waals surface area contributed by atoms with Crippen LogP contribution in [0.25, 0.3) is 0 Å². The van der Waals surface area contributed by atoms with Gasteiger partial charge in [-0.1, -0.05) is 0 Å². The van der Waals surface area contributed by atoms with Crippen molar-refractivity contribution in [1.82, 2.24) is 14.5 Å². The molecule has 2 aliphatic heterocycles. The second-order valence-electron chi connectivity index (χ2n) is 7.06. The van der Waals surface area contributed by atoms with Gasteiger partial charge in [0.1, 0.15) is 0 Å². The van der Waals surface area contributed by atoms with E-state index in [0.29, 0.717) is 38.7 Å². The van der Waals surface area contributed by atoms with Gasteiger partial charge in [-0.2, -0.15) is 11.8 Å². The van der Waals surface area contributed by atoms with Crippen LogP contribution in [0.2, 0.25) is 0 Å². The number of halogens is 1. The topological polar surface area (TPSA) is 99.2 Å². The molecule has 0 unspecified atom stereocenters. The van der Waals surface area contributed by atoms with Gasteiger partial charge in [0.2, 0.25) is 10.0 Å². The maximum atomic E-state index is 12.4. The molecule has 160 valence electrons. The Labute approximate surface area is 184 Å². The number of hydrogen-bond acceptors (Lipinski definition) is 6. The Bertz CT molecular complexity index is 719. The average molecular weight is 555 g/mol. The van der Waals surface area contributed by atoms with E-state index in [4.69, 9.17) is 0 Å². The summed E-state index contributed by atoms with van der Waals surface area (Å²) in [5.41, 5.74) is 0. The number of nitrogens with one attached hydrogen (secondary N) is 1. The lowest BCUT2D eigenvalue weighted by molar-refractivity contribution is 0.353. The second kappa shape index (κ2) is 10.3. The molecule has 0 aromatic carbocycles. The molecule has 0 aliphatic carbocycles. The zero-order valence-electron chi connectivity index (χ0n) is 16.2. The maximum absolute atomic E-state index is 12.4. The van der Waals surface area contributed by atoms with E-state index in [1.165, 1.54) is 0 Å². The zero-order valence-corrected chi connectivity index (χ0v) is 21.0. The lowest BCUT2D eigenvalue weighted by Crippen LogP contribution is -2.57. The number of guanidine groups is 1. The molecule has 0 radical (unpaired) electrons. The Morgan fingerprint density at radius 3 is 2.41 bits per heavy atom. The van der Waals surface area contributed by atoms with Gasteiger partial charge in [-0.05, 0) is 20.8 Å². The van der Waals surface area contributed by atoms with Crippen LogP contribution in [-0.4, -0.2) is 99.0 Å². The van der Waals surface area contributed by atoms with E-state index in [-0.39, 0.29) is 42.0 Å². The molecule has 2 aliphatic rings. The van der Waals surface area contributed by atoms with Crippen LogP contribution in [0.15, 0.2) is 4.99 Å². The minimum absolute atomic E-state index is 0. The first-order valence-electron chi connectivity index (χ1n) is 8.90. The standard InChI is InChI=1S/C15H30N4O4S3.HI/c1-4-16-14(18-8-12-25(20,21)15(2,3)13-18)17-5-11-26(22,23)19-6-9-24-10-7-19;/h4-13H2,1-3H3,(H,16,17);1H. The van der Waals surface area contributed by atoms with Gasteiger partial charge in [-0.15, -0.1) is 24.0 Å². The van der Waals surface area contributed by atoms with E-state index in [1.54, 1.807) is 29.9 Å². The molecular formula is C15H31IN4O4S3. The quantitative estimate of drug-likeness (QED) is 0.300. The van der Waals surface area contributed by atoms with Gasteiger partial charge in [0.05, 0.1) is 22.8 Å². The molecule has 0 saturated carbocycles. The van der Waals surface area contributed by atoms with Gasteiger partial charge in [-0.25, -0.2) is 21.1 Å². The maximum Gasteiger partial charge on any atom is 0.215 e. The van der Waals surface area contributed by atoms with Crippen LogP contribution in [-0.2, 0) is 19.9 Å². The Hall–Kier alpha value is 0.210. The monoisotopic (exact) mass is 554 g/mol. The first-order chi connectivity index (χ1) is 12.1. The highest BCUT2D eigenvalue weighted by Crippen LogP contribution is 2.23. The Morgan fingerprint density at radius 2 is 1.85 bits per heavy atom. The van der Waals surface area contributed by atoms with Crippen molar-refractivity contribution in [1.29, 1.82) is 0 Å². The molecule has 0 aromatic heterocycles. The lowest BCUT2D eigenvalue weighted by Gasteiger charge is -2.39. The minimum atomic E-state index is -3.30. The van der Waals surface area contributed by atoms with Gasteiger partial charge in [0.25, 0.3) is 0 Å². The largest absolute Gasteiger partial charge is 0.357 e. The van der Waals surface area contributed by atoms with Gasteiger partial charge in [-0.3, -0.25) is 4.99 Å². The van der Waals surface area contributed by atoms with Gasteiger partial charge < -0.3 is 10.2 Å². The van der Waals surface area contributed by atoms with Crippen molar-refractivity contribution < 1.29 is 16.8 Å². The highest BCUT2D eigenvalue weighted by molar-refractivity contribution is 14.0. The number of sulfonamides is 1. The molecular weight excluding hydrogens is 523 g/mol. The SMILES string of the molecule is CCNC(=NCCS(=O)(=O)N1CCSCC1)N1CCS(=O)(=O)C(C)(C)C1.I. The molecule has 27 heavy (non-hydrogen) atoms. The summed E-state index contributed by atoms with van der Waals surface area (Å²) in [5, 5.41) is 3.15. The summed E-state index contributed by atoms with van der Waals surface area (Å²) in [7, 11) is -6.42. The third kappa shape index (κ3) is 6.61. The number of hydrogen-bond donors (Lipinski definition) is 1. The summed E-state index contributed by atoms with van der Waals surface area (Å²) >= 11 is 1.77. The summed E-state index contributed by atoms with van der Waals surface area (Å²) in [5.74, 6) is 2.31. The zero-order chi connectivity index (χ0) is 19.4. The van der Waals surface area contributed by atoms with Crippen LogP contribution in [0.1, 0.15) is 20.8 Å². The lowest BCUT2D eigenvalue weighted by atomic mass is 10.2. The average Bonchev–Trinajstić information content (AvgIpc) is 2.57. The fraction of sp³-hybridized carbons (Fsp3) is 0.933. The first kappa shape index (κ1) is 25.2. The van der Waals surface area contributed by atoms with Crippen molar-refractivity contribution in [3.05, 3.63) is 0 Å². The van der Waals surface area contributed by atoms with E-state index in [9.17, 15) is 16.8 Å². The normalized spacial score (nSPS) is 23.5. The highest BCUT2D eigenvalue weighted by Gasteiger charge is 2.41. The van der Waals surface area contributed by atoms with E-state index in [0.717, 1.165) is 11.5 Å². The van der Waals surface area contributed by atoms with Crippen molar-refractivity contribution in [3.8, 4) is 0 Å². The number of aliphatic imine (C=N–C) groups is 1. The smallest absolute Gasteiger partial charge is 0.215 e. The van der Waals surface area contributed by atoms with Crippen molar-refractivity contribution in [2.75, 3.05) is 62.3 Å². The predicted octanol–water partition coefficient (Wildman–Crippen LogP) is 0.458. The summed E-state index contributed by atoms with van der Waals surface area (Å²) in [4.78, 5) is 6.37. The predicted molar refractivity (Wildman–Crippen MR) is 124 cm³/mol. The summed E-state index contributed by atoms with van der Waals surface area (Å²) in [6.07, 6.45) is 0. The van der Waals surface area contributed by atoms with Crippen LogP contribution >= 0.6 is 35.7 Å². The van der Waals surface area contributed by atoms with Crippen LogP contribution in [0.3, 0.4) is 0 Å². The van der Waals surface area contributed by atoms with Crippen LogP contribution in [0.4, 0.5) is 0 Å². The molecule has 1 N–H and O–H groups in total. The minimum Gasteiger partial charge on any atom is -0.357 e. The molecule has 0 aromatic rings. The second-order valence-corrected chi connectivity index (χ2v) is 13.1. The number of nitrogens with zero attached hydrogens (tertiary/aromatic N) is 3. The van der Waals surface area contributed by atoms with Crippen LogP contribution in [0.5, 0.6) is 0 Å². The highest BCUT2D eigenvalue weighted by atomic mass is 127. The third-order valence-corrected chi connectivity index (χ3v) is 9.98. The Morgan fingerprint density at radius 1 is 1.22 bits per heavy atom. The van der Waals surface area contributed by atoms with Crippen LogP contribution in [0, 0.1) is 0 Å². The van der Waals surface area contributed by atoms with E-state index >= 15 is 0 Å². The van der Waals surface area contributed by atoms with Crippen molar-refractivity contribution >= 4 is 61.6 Å². The first-order valence-corrected chi connectivity index (χ1v) is 13.3. The number of sulfone groups is 1. The van der Waals surface area contributed by atoms with Gasteiger partial charge >= 0.3 is 0 Å². The summed E-state index contributed by atoms with van der Waals surface area (Å²) < 4.78 is 49.9. The number of rotatable bonds is 5. The molecule has 0 amide bonds. The van der Waals surface area contributed by atoms with Crippen molar-refractivity contribution in [2.45, 2.75) is 25.5 Å². The molecule has 0 spiro atoms. The fourth-order valence-corrected chi connectivity index (χ4v) is 6.79. The summed E-state index contributed by atoms with van der Waals surface area (Å²) in [6, 6.07) is 0. The summed E-state index contributed by atoms with van der Waals surface area (Å²) in [6.45, 7) is 8.02. The van der Waals surface area contributed by atoms with E-state index in [2.05, 4.69) is 10.3 Å². The molecule has 2 fully saturated rings. The molecule has 8 nitrogen and oxygen atoms in total. The third-order valence-electron chi connectivity index (χ3n) is 4.65. The van der Waals surface area contributed by atoms with Crippen LogP contribution < -0.4 is 5.32 Å². The molecule has 12 heteroatoms. The molecule has 2 rings (SSSR count). The molecule has 2 saturated heterocycles. The van der Waals surface area contributed by atoms with Gasteiger partial charge in [0.15, 0.2) is 15.8 Å². The molecule has 2 heterocycles. The molecule has 0 bridgehead atoms. The van der Waals surface area contributed by atoms with Crippen molar-refractivity contribution in [2.24, 2.45) is 4.99 Å². The fourth-order valence-electron chi connectivity index (χ4n) is 2.97.